The molecule has 0 aliphatic rings. The smallest absolute Gasteiger partial charge is 0.277 e. The quantitative estimate of drug-likeness (QED) is 0.647. The Kier molecular flexibility index (Phi) is 7.66. The molecule has 0 saturated heterocycles. The molecule has 1 atom stereocenters. The van der Waals surface area contributed by atoms with E-state index in [0.717, 1.165) is 18.6 Å². The van der Waals surface area contributed by atoms with Crippen LogP contribution in [0.3, 0.4) is 0 Å². The maximum absolute atomic E-state index is 12.7. The normalized spacial score (nSPS) is 13.6. The number of unbranched alkanes of at least 4 members (excludes halogenated alkanes) is 1. The predicted molar refractivity (Wildman–Crippen MR) is 63.8 cm³/mol. The van der Waals surface area contributed by atoms with Crippen LogP contribution in [0, 0.1) is 0 Å². The zero-order valence-corrected chi connectivity index (χ0v) is 10.6. The molecular formula is C10H20F2N2OS. The average Bonchev–Trinajstić information content (AvgIpc) is 2.26. The molecule has 0 aromatic carbocycles. The molecular weight excluding hydrogens is 234 g/mol. The summed E-state index contributed by atoms with van der Waals surface area (Å²) in [5, 5.41) is 1.92. The van der Waals surface area contributed by atoms with Crippen molar-refractivity contribution in [3.63, 3.8) is 0 Å². The van der Waals surface area contributed by atoms with Crippen molar-refractivity contribution < 1.29 is 13.6 Å². The number of rotatable bonds is 8. The number of hydrogen-bond donors (Lipinski definition) is 2. The van der Waals surface area contributed by atoms with E-state index in [-0.39, 0.29) is 11.2 Å². The summed E-state index contributed by atoms with van der Waals surface area (Å²) in [6, 6.07) is 0. The summed E-state index contributed by atoms with van der Waals surface area (Å²) in [5.74, 6) is -2.49. The second-order valence-electron chi connectivity index (χ2n) is 3.64. The van der Waals surface area contributed by atoms with Gasteiger partial charge >= 0.3 is 0 Å². The van der Waals surface area contributed by atoms with Crippen molar-refractivity contribution in [3.8, 4) is 0 Å². The first-order chi connectivity index (χ1) is 7.43. The molecule has 1 unspecified atom stereocenters. The number of carbonyl (C=O) groups excluding carboxylic acids is 1. The number of nitrogens with one attached hydrogen (secondary N) is 1. The fraction of sp³-hybridized carbons (Fsp3) is 0.900. The molecule has 3 N–H and O–H groups in total. The minimum atomic E-state index is -3.01. The van der Waals surface area contributed by atoms with Crippen LogP contribution in [0.5, 0.6) is 0 Å². The molecule has 0 heterocycles. The Bertz CT molecular complexity index is 215. The highest BCUT2D eigenvalue weighted by atomic mass is 32.2. The van der Waals surface area contributed by atoms with Crippen LogP contribution in [0.2, 0.25) is 0 Å². The molecule has 0 aliphatic heterocycles. The molecule has 16 heavy (non-hydrogen) atoms. The minimum Gasteiger partial charge on any atom is -0.349 e. The Labute approximate surface area is 99.5 Å². The highest BCUT2D eigenvalue weighted by Gasteiger charge is 2.28. The monoisotopic (exact) mass is 254 g/mol. The van der Waals surface area contributed by atoms with Crippen LogP contribution < -0.4 is 11.1 Å². The van der Waals surface area contributed by atoms with Crippen LogP contribution in [0.15, 0.2) is 0 Å². The summed E-state index contributed by atoms with van der Waals surface area (Å²) in [6.45, 7) is 2.36. The molecule has 0 fully saturated rings. The molecule has 1 amide bonds. The van der Waals surface area contributed by atoms with Gasteiger partial charge in [-0.15, -0.1) is 11.8 Å². The molecule has 96 valence electrons. The van der Waals surface area contributed by atoms with Crippen molar-refractivity contribution in [1.29, 1.82) is 0 Å². The Balaban J connectivity index is 3.79. The van der Waals surface area contributed by atoms with Gasteiger partial charge in [0.1, 0.15) is 0 Å². The van der Waals surface area contributed by atoms with E-state index in [1.165, 1.54) is 11.8 Å². The first-order valence-electron chi connectivity index (χ1n) is 5.40. The Morgan fingerprint density at radius 2 is 2.19 bits per heavy atom. The molecule has 0 aromatic heterocycles. The van der Waals surface area contributed by atoms with E-state index in [1.54, 1.807) is 6.92 Å². The first-order valence-corrected chi connectivity index (χ1v) is 6.45. The van der Waals surface area contributed by atoms with Crippen molar-refractivity contribution in [1.82, 2.24) is 5.32 Å². The minimum absolute atomic E-state index is 0.292. The van der Waals surface area contributed by atoms with Crippen LogP contribution >= 0.6 is 11.8 Å². The molecule has 0 aliphatic carbocycles. The van der Waals surface area contributed by atoms with E-state index in [9.17, 15) is 13.6 Å². The molecule has 0 aromatic rings. The number of carbonyl (C=O) groups is 1. The Morgan fingerprint density at radius 3 is 2.69 bits per heavy atom. The van der Waals surface area contributed by atoms with E-state index >= 15 is 0 Å². The van der Waals surface area contributed by atoms with Gasteiger partial charge in [-0.3, -0.25) is 4.79 Å². The van der Waals surface area contributed by atoms with Crippen LogP contribution in [-0.4, -0.2) is 35.9 Å². The highest BCUT2D eigenvalue weighted by molar-refractivity contribution is 8.00. The van der Waals surface area contributed by atoms with Crippen LogP contribution in [0.25, 0.3) is 0 Å². The average molecular weight is 254 g/mol. The second-order valence-corrected chi connectivity index (χ2v) is 5.09. The summed E-state index contributed by atoms with van der Waals surface area (Å²) in [5.41, 5.74) is 4.86. The van der Waals surface area contributed by atoms with Gasteiger partial charge in [0.25, 0.3) is 5.92 Å². The lowest BCUT2D eigenvalue weighted by molar-refractivity contribution is -0.122. The van der Waals surface area contributed by atoms with Crippen molar-refractivity contribution in [3.05, 3.63) is 0 Å². The molecule has 0 radical (unpaired) electrons. The van der Waals surface area contributed by atoms with E-state index in [1.807, 2.05) is 0 Å². The van der Waals surface area contributed by atoms with Crippen molar-refractivity contribution in [2.75, 3.05) is 18.8 Å². The summed E-state index contributed by atoms with van der Waals surface area (Å²) in [7, 11) is 0. The molecule has 0 rings (SSSR count). The molecule has 3 nitrogen and oxygen atoms in total. The number of thioether (sulfide) groups is 1. The lowest BCUT2D eigenvalue weighted by atomic mass is 10.3. The van der Waals surface area contributed by atoms with Gasteiger partial charge in [0, 0.05) is 0 Å². The fourth-order valence-electron chi connectivity index (χ4n) is 0.912. The summed E-state index contributed by atoms with van der Waals surface area (Å²) < 4.78 is 25.5. The Hall–Kier alpha value is -0.360. The topological polar surface area (TPSA) is 55.1 Å². The maximum Gasteiger partial charge on any atom is 0.277 e. The van der Waals surface area contributed by atoms with Gasteiger partial charge in [0.2, 0.25) is 5.91 Å². The van der Waals surface area contributed by atoms with Crippen LogP contribution in [0.4, 0.5) is 8.78 Å². The summed E-state index contributed by atoms with van der Waals surface area (Å²) in [4.78, 5) is 11.4. The van der Waals surface area contributed by atoms with E-state index in [0.29, 0.717) is 0 Å². The van der Waals surface area contributed by atoms with Crippen molar-refractivity contribution in [2.45, 2.75) is 37.9 Å². The van der Waals surface area contributed by atoms with Crippen molar-refractivity contribution >= 4 is 17.7 Å². The third-order valence-electron chi connectivity index (χ3n) is 2.05. The third-order valence-corrected chi connectivity index (χ3v) is 3.29. The van der Waals surface area contributed by atoms with Gasteiger partial charge in [-0.25, -0.2) is 8.78 Å². The second kappa shape index (κ2) is 7.84. The SMILES string of the molecule is CCCCSC(C)C(=O)NCC(F)(F)CN. The van der Waals surface area contributed by atoms with Gasteiger partial charge in [-0.2, -0.15) is 0 Å². The van der Waals surface area contributed by atoms with Gasteiger partial charge in [0.15, 0.2) is 0 Å². The number of hydrogen-bond acceptors (Lipinski definition) is 3. The van der Waals surface area contributed by atoms with E-state index in [2.05, 4.69) is 12.2 Å². The fourth-order valence-corrected chi connectivity index (χ4v) is 1.96. The van der Waals surface area contributed by atoms with Crippen LogP contribution in [-0.2, 0) is 4.79 Å². The number of alkyl halides is 2. The molecule has 0 saturated carbocycles. The van der Waals surface area contributed by atoms with E-state index in [4.69, 9.17) is 5.73 Å². The van der Waals surface area contributed by atoms with Gasteiger partial charge in [-0.05, 0) is 19.1 Å². The number of nitrogens with two attached hydrogens (primary N) is 1. The summed E-state index contributed by atoms with van der Waals surface area (Å²) >= 11 is 1.48. The van der Waals surface area contributed by atoms with Crippen LogP contribution in [0.1, 0.15) is 26.7 Å². The lowest BCUT2D eigenvalue weighted by Gasteiger charge is -2.16. The van der Waals surface area contributed by atoms with Gasteiger partial charge < -0.3 is 11.1 Å². The van der Waals surface area contributed by atoms with Crippen molar-refractivity contribution in [2.24, 2.45) is 5.73 Å². The zero-order valence-electron chi connectivity index (χ0n) is 9.76. The number of amides is 1. The largest absolute Gasteiger partial charge is 0.349 e. The number of halogens is 2. The molecule has 0 bridgehead atoms. The lowest BCUT2D eigenvalue weighted by Crippen LogP contribution is -2.43. The van der Waals surface area contributed by atoms with Gasteiger partial charge in [-0.1, -0.05) is 13.3 Å². The first kappa shape index (κ1) is 15.6. The maximum atomic E-state index is 12.7. The standard InChI is InChI=1S/C10H20F2N2OS/c1-3-4-5-16-8(2)9(15)14-7-10(11,12)6-13/h8H,3-7,13H2,1-2H3,(H,14,15). The Morgan fingerprint density at radius 1 is 1.56 bits per heavy atom. The molecule has 6 heteroatoms. The third kappa shape index (κ3) is 7.00. The zero-order chi connectivity index (χ0) is 12.6. The molecule has 0 spiro atoms. The van der Waals surface area contributed by atoms with Gasteiger partial charge in [0.05, 0.1) is 18.3 Å². The summed E-state index contributed by atoms with van der Waals surface area (Å²) in [6.07, 6.45) is 2.09. The predicted octanol–water partition coefficient (Wildman–Crippen LogP) is 1.62. The van der Waals surface area contributed by atoms with E-state index < -0.39 is 19.0 Å². The highest BCUT2D eigenvalue weighted by Crippen LogP contribution is 2.14.